The molecule has 2 atom stereocenters. The van der Waals surface area contributed by atoms with E-state index in [9.17, 15) is 8.42 Å². The maximum Gasteiger partial charge on any atom is 0.216 e. The molecule has 1 rings (SSSR count). The van der Waals surface area contributed by atoms with Crippen LogP contribution in [0.25, 0.3) is 0 Å². The molecular formula is C10H19N3O2S2. The maximum atomic E-state index is 11.9. The molecule has 7 heteroatoms. The van der Waals surface area contributed by atoms with Crippen molar-refractivity contribution >= 4 is 21.4 Å². The Kier molecular flexibility index (Phi) is 4.65. The van der Waals surface area contributed by atoms with Gasteiger partial charge in [0, 0.05) is 11.4 Å². The SMILES string of the molecule is Cc1nc(C)c(C(C)NS(=O)(=O)C(C)CN)s1. The summed E-state index contributed by atoms with van der Waals surface area (Å²) in [5, 5.41) is 0.356. The number of nitrogens with one attached hydrogen (secondary N) is 1. The van der Waals surface area contributed by atoms with Crippen molar-refractivity contribution in [2.45, 2.75) is 39.0 Å². The predicted molar refractivity (Wildman–Crippen MR) is 70.6 cm³/mol. The molecule has 0 amide bonds. The standard InChI is InChI=1S/C10H19N3O2S2/c1-6(5-11)17(14,15)13-8(3)10-7(2)12-9(4)16-10/h6,8,13H,5,11H2,1-4H3. The van der Waals surface area contributed by atoms with Crippen molar-refractivity contribution < 1.29 is 8.42 Å². The van der Waals surface area contributed by atoms with Crippen LogP contribution in [0.5, 0.6) is 0 Å². The Morgan fingerprint density at radius 1 is 1.41 bits per heavy atom. The van der Waals surface area contributed by atoms with Crippen LogP contribution in [-0.4, -0.2) is 25.2 Å². The molecule has 0 aliphatic rings. The van der Waals surface area contributed by atoms with E-state index < -0.39 is 15.3 Å². The zero-order valence-electron chi connectivity index (χ0n) is 10.5. The fraction of sp³-hybridized carbons (Fsp3) is 0.700. The van der Waals surface area contributed by atoms with Crippen LogP contribution in [0.15, 0.2) is 0 Å². The highest BCUT2D eigenvalue weighted by Gasteiger charge is 2.23. The number of hydrogen-bond acceptors (Lipinski definition) is 5. The van der Waals surface area contributed by atoms with E-state index in [4.69, 9.17) is 5.73 Å². The van der Waals surface area contributed by atoms with E-state index in [1.807, 2.05) is 20.8 Å². The summed E-state index contributed by atoms with van der Waals surface area (Å²) < 4.78 is 26.4. The van der Waals surface area contributed by atoms with Crippen molar-refractivity contribution in [1.82, 2.24) is 9.71 Å². The summed E-state index contributed by atoms with van der Waals surface area (Å²) >= 11 is 1.51. The van der Waals surface area contributed by atoms with Gasteiger partial charge in [0.1, 0.15) is 0 Å². The number of nitrogens with two attached hydrogens (primary N) is 1. The molecule has 0 saturated carbocycles. The highest BCUT2D eigenvalue weighted by atomic mass is 32.2. The van der Waals surface area contributed by atoms with E-state index in [1.54, 1.807) is 6.92 Å². The van der Waals surface area contributed by atoms with Crippen LogP contribution < -0.4 is 10.5 Å². The molecule has 3 N–H and O–H groups in total. The van der Waals surface area contributed by atoms with E-state index in [0.717, 1.165) is 15.6 Å². The Morgan fingerprint density at radius 2 is 2.00 bits per heavy atom. The minimum absolute atomic E-state index is 0.114. The molecule has 1 aromatic heterocycles. The average molecular weight is 277 g/mol. The Bertz CT molecular complexity index is 482. The summed E-state index contributed by atoms with van der Waals surface area (Å²) in [5.74, 6) is 0. The van der Waals surface area contributed by atoms with Crippen molar-refractivity contribution in [2.24, 2.45) is 5.73 Å². The van der Waals surface area contributed by atoms with Gasteiger partial charge in [-0.3, -0.25) is 0 Å². The van der Waals surface area contributed by atoms with Gasteiger partial charge in [-0.25, -0.2) is 18.1 Å². The fourth-order valence-corrected chi connectivity index (χ4v) is 3.59. The number of thiazole rings is 1. The molecule has 0 bridgehead atoms. The zero-order valence-corrected chi connectivity index (χ0v) is 12.2. The highest BCUT2D eigenvalue weighted by Crippen LogP contribution is 2.25. The molecule has 98 valence electrons. The number of rotatable bonds is 5. The van der Waals surface area contributed by atoms with Crippen molar-refractivity contribution in [3.8, 4) is 0 Å². The van der Waals surface area contributed by atoms with E-state index >= 15 is 0 Å². The third kappa shape index (κ3) is 3.48. The molecule has 0 spiro atoms. The van der Waals surface area contributed by atoms with Gasteiger partial charge in [0.2, 0.25) is 10.0 Å². The lowest BCUT2D eigenvalue weighted by Gasteiger charge is -2.16. The first-order valence-corrected chi connectivity index (χ1v) is 7.79. The molecule has 1 heterocycles. The summed E-state index contributed by atoms with van der Waals surface area (Å²) in [4.78, 5) is 5.24. The molecule has 17 heavy (non-hydrogen) atoms. The molecular weight excluding hydrogens is 258 g/mol. The molecule has 0 aliphatic carbocycles. The second-order valence-electron chi connectivity index (χ2n) is 4.11. The molecule has 0 aliphatic heterocycles. The summed E-state index contributed by atoms with van der Waals surface area (Å²) in [7, 11) is -3.36. The maximum absolute atomic E-state index is 11.9. The van der Waals surface area contributed by atoms with Gasteiger partial charge in [0.05, 0.1) is 22.0 Å². The van der Waals surface area contributed by atoms with E-state index in [-0.39, 0.29) is 12.6 Å². The fourth-order valence-electron chi connectivity index (χ4n) is 1.49. The Hall–Kier alpha value is -0.500. The smallest absolute Gasteiger partial charge is 0.216 e. The monoisotopic (exact) mass is 277 g/mol. The third-order valence-corrected chi connectivity index (χ3v) is 5.72. The molecule has 0 radical (unpaired) electrons. The Balaban J connectivity index is 2.86. The topological polar surface area (TPSA) is 85.1 Å². The zero-order chi connectivity index (χ0) is 13.2. The van der Waals surface area contributed by atoms with Crippen LogP contribution in [0.4, 0.5) is 0 Å². The third-order valence-electron chi connectivity index (χ3n) is 2.54. The van der Waals surface area contributed by atoms with Crippen LogP contribution >= 0.6 is 11.3 Å². The predicted octanol–water partition coefficient (Wildman–Crippen LogP) is 1.09. The molecule has 0 saturated heterocycles. The van der Waals surface area contributed by atoms with Gasteiger partial charge in [-0.1, -0.05) is 0 Å². The molecule has 0 aromatic carbocycles. The van der Waals surface area contributed by atoms with E-state index in [0.29, 0.717) is 0 Å². The first kappa shape index (κ1) is 14.6. The normalized spacial score (nSPS) is 15.8. The van der Waals surface area contributed by atoms with Crippen LogP contribution in [-0.2, 0) is 10.0 Å². The molecule has 0 fully saturated rings. The number of hydrogen-bond donors (Lipinski definition) is 2. The number of nitrogens with zero attached hydrogens (tertiary/aromatic N) is 1. The second-order valence-corrected chi connectivity index (χ2v) is 7.48. The number of aryl methyl sites for hydroxylation is 2. The van der Waals surface area contributed by atoms with Crippen molar-refractivity contribution in [3.63, 3.8) is 0 Å². The average Bonchev–Trinajstić information content (AvgIpc) is 2.56. The van der Waals surface area contributed by atoms with Crippen molar-refractivity contribution in [1.29, 1.82) is 0 Å². The largest absolute Gasteiger partial charge is 0.329 e. The van der Waals surface area contributed by atoms with Gasteiger partial charge >= 0.3 is 0 Å². The summed E-state index contributed by atoms with van der Waals surface area (Å²) in [6.07, 6.45) is 0. The highest BCUT2D eigenvalue weighted by molar-refractivity contribution is 7.90. The summed E-state index contributed by atoms with van der Waals surface area (Å²) in [5.41, 5.74) is 6.26. The van der Waals surface area contributed by atoms with E-state index in [1.165, 1.54) is 11.3 Å². The van der Waals surface area contributed by atoms with Crippen LogP contribution in [0.3, 0.4) is 0 Å². The van der Waals surface area contributed by atoms with Crippen LogP contribution in [0, 0.1) is 13.8 Å². The van der Waals surface area contributed by atoms with Crippen LogP contribution in [0.2, 0.25) is 0 Å². The van der Waals surface area contributed by atoms with Gasteiger partial charge in [-0.05, 0) is 27.7 Å². The van der Waals surface area contributed by atoms with Crippen LogP contribution in [0.1, 0.15) is 35.5 Å². The van der Waals surface area contributed by atoms with Gasteiger partial charge in [0.25, 0.3) is 0 Å². The van der Waals surface area contributed by atoms with Crippen molar-refractivity contribution in [3.05, 3.63) is 15.6 Å². The van der Waals surface area contributed by atoms with E-state index in [2.05, 4.69) is 9.71 Å². The second kappa shape index (κ2) is 5.43. The summed E-state index contributed by atoms with van der Waals surface area (Å²) in [6.45, 7) is 7.32. The number of sulfonamides is 1. The van der Waals surface area contributed by atoms with Gasteiger partial charge in [-0.15, -0.1) is 11.3 Å². The Labute approximate surface area is 106 Å². The lowest BCUT2D eigenvalue weighted by Crippen LogP contribution is -2.38. The minimum atomic E-state index is -3.36. The minimum Gasteiger partial charge on any atom is -0.329 e. The Morgan fingerprint density at radius 3 is 2.41 bits per heavy atom. The number of aromatic nitrogens is 1. The molecule has 5 nitrogen and oxygen atoms in total. The lowest BCUT2D eigenvalue weighted by atomic mass is 10.2. The summed E-state index contributed by atoms with van der Waals surface area (Å²) in [6, 6.07) is -0.264. The van der Waals surface area contributed by atoms with Gasteiger partial charge in [-0.2, -0.15) is 0 Å². The van der Waals surface area contributed by atoms with Crippen molar-refractivity contribution in [2.75, 3.05) is 6.54 Å². The molecule has 1 aromatic rings. The quantitative estimate of drug-likeness (QED) is 0.843. The first-order chi connectivity index (χ1) is 7.77. The van der Waals surface area contributed by atoms with Gasteiger partial charge in [0.15, 0.2) is 0 Å². The molecule has 2 unspecified atom stereocenters. The van der Waals surface area contributed by atoms with Gasteiger partial charge < -0.3 is 5.73 Å². The first-order valence-electron chi connectivity index (χ1n) is 5.43. The lowest BCUT2D eigenvalue weighted by molar-refractivity contribution is 0.556.